The Bertz CT molecular complexity index is 952. The maximum Gasteiger partial charge on any atom is 0.242 e. The van der Waals surface area contributed by atoms with Crippen LogP contribution in [0.5, 0.6) is 0 Å². The number of nitrogens with one attached hydrogen (secondary N) is 1. The van der Waals surface area contributed by atoms with E-state index < -0.39 is 0 Å². The van der Waals surface area contributed by atoms with E-state index in [0.717, 1.165) is 27.9 Å². The third kappa shape index (κ3) is 4.74. The van der Waals surface area contributed by atoms with Gasteiger partial charge in [0.2, 0.25) is 11.8 Å². The van der Waals surface area contributed by atoms with Crippen LogP contribution in [0.25, 0.3) is 10.2 Å². The van der Waals surface area contributed by atoms with E-state index in [9.17, 15) is 9.59 Å². The number of carbonyl (C=O) groups is 2. The van der Waals surface area contributed by atoms with Gasteiger partial charge in [-0.15, -0.1) is 0 Å². The lowest BCUT2D eigenvalue weighted by atomic mass is 10.1. The third-order valence-electron chi connectivity index (χ3n) is 4.43. The molecule has 1 aromatic heterocycles. The second kappa shape index (κ2) is 8.95. The van der Waals surface area contributed by atoms with Crippen molar-refractivity contribution in [3.63, 3.8) is 0 Å². The van der Waals surface area contributed by atoms with Crippen molar-refractivity contribution in [3.8, 4) is 0 Å². The first-order chi connectivity index (χ1) is 13.5. The van der Waals surface area contributed by atoms with E-state index in [2.05, 4.69) is 10.3 Å². The number of aromatic nitrogens is 1. The van der Waals surface area contributed by atoms with Gasteiger partial charge in [0.05, 0.1) is 23.3 Å². The fourth-order valence-electron chi connectivity index (χ4n) is 2.89. The number of aryl methyl sites for hydroxylation is 1. The number of hydrogen-bond donors (Lipinski definition) is 1. The van der Waals surface area contributed by atoms with Crippen molar-refractivity contribution in [1.29, 1.82) is 0 Å². The largest absolute Gasteiger partial charge is 0.325 e. The highest BCUT2D eigenvalue weighted by Crippen LogP contribution is 2.27. The highest BCUT2D eigenvalue weighted by Gasteiger charge is 2.18. The SMILES string of the molecule is CCc1ccccc1NC(=O)CN(C)CC(=O)N(C)c1nc2ccccc2s1. The maximum atomic E-state index is 12.6. The molecule has 0 bridgehead atoms. The topological polar surface area (TPSA) is 65.5 Å². The molecule has 1 N–H and O–H groups in total. The number of rotatable bonds is 7. The molecule has 0 saturated carbocycles. The van der Waals surface area contributed by atoms with Crippen LogP contribution in [0.3, 0.4) is 0 Å². The summed E-state index contributed by atoms with van der Waals surface area (Å²) in [5, 5.41) is 3.58. The van der Waals surface area contributed by atoms with Crippen LogP contribution in [0.15, 0.2) is 48.5 Å². The Balaban J connectivity index is 1.56. The molecule has 0 atom stereocenters. The molecule has 0 unspecified atom stereocenters. The Kier molecular flexibility index (Phi) is 6.38. The number of para-hydroxylation sites is 2. The van der Waals surface area contributed by atoms with E-state index in [-0.39, 0.29) is 24.9 Å². The minimum absolute atomic E-state index is 0.108. The number of benzene rings is 2. The Morgan fingerprint density at radius 1 is 1.04 bits per heavy atom. The van der Waals surface area contributed by atoms with Crippen LogP contribution in [0, 0.1) is 0 Å². The molecule has 6 nitrogen and oxygen atoms in total. The second-order valence-electron chi connectivity index (χ2n) is 6.65. The van der Waals surface area contributed by atoms with Crippen LogP contribution >= 0.6 is 11.3 Å². The predicted molar refractivity (Wildman–Crippen MR) is 115 cm³/mol. The Labute approximate surface area is 168 Å². The number of thiazole rings is 1. The summed E-state index contributed by atoms with van der Waals surface area (Å²) < 4.78 is 1.04. The summed E-state index contributed by atoms with van der Waals surface area (Å²) in [5.41, 5.74) is 2.79. The van der Waals surface area contributed by atoms with Gasteiger partial charge < -0.3 is 5.32 Å². The first-order valence-electron chi connectivity index (χ1n) is 9.16. The fourth-order valence-corrected chi connectivity index (χ4v) is 3.83. The van der Waals surface area contributed by atoms with E-state index >= 15 is 0 Å². The lowest BCUT2D eigenvalue weighted by Crippen LogP contribution is -2.40. The van der Waals surface area contributed by atoms with Gasteiger partial charge >= 0.3 is 0 Å². The van der Waals surface area contributed by atoms with E-state index in [1.54, 1.807) is 23.9 Å². The van der Waals surface area contributed by atoms with E-state index in [4.69, 9.17) is 0 Å². The van der Waals surface area contributed by atoms with Gasteiger partial charge in [-0.1, -0.05) is 48.6 Å². The third-order valence-corrected chi connectivity index (χ3v) is 5.55. The number of carbonyl (C=O) groups excluding carboxylic acids is 2. The molecule has 0 fully saturated rings. The summed E-state index contributed by atoms with van der Waals surface area (Å²) in [6.45, 7) is 2.32. The molecule has 0 spiro atoms. The smallest absolute Gasteiger partial charge is 0.242 e. The highest BCUT2D eigenvalue weighted by atomic mass is 32.1. The van der Waals surface area contributed by atoms with Crippen molar-refractivity contribution in [2.75, 3.05) is 37.4 Å². The van der Waals surface area contributed by atoms with Crippen LogP contribution in [-0.4, -0.2) is 48.9 Å². The zero-order chi connectivity index (χ0) is 20.1. The van der Waals surface area contributed by atoms with Crippen LogP contribution in [0.1, 0.15) is 12.5 Å². The van der Waals surface area contributed by atoms with Gasteiger partial charge in [-0.3, -0.25) is 19.4 Å². The summed E-state index contributed by atoms with van der Waals surface area (Å²) in [6, 6.07) is 15.5. The summed E-state index contributed by atoms with van der Waals surface area (Å²) in [4.78, 5) is 32.7. The molecular formula is C21H24N4O2S. The molecule has 0 aliphatic carbocycles. The van der Waals surface area contributed by atoms with Crippen molar-refractivity contribution in [3.05, 3.63) is 54.1 Å². The van der Waals surface area contributed by atoms with Crippen LogP contribution in [0.2, 0.25) is 0 Å². The van der Waals surface area contributed by atoms with E-state index in [1.807, 2.05) is 55.5 Å². The van der Waals surface area contributed by atoms with Crippen LogP contribution in [0.4, 0.5) is 10.8 Å². The summed E-state index contributed by atoms with van der Waals surface area (Å²) in [5.74, 6) is -0.248. The van der Waals surface area contributed by atoms with E-state index in [0.29, 0.717) is 5.13 Å². The first-order valence-corrected chi connectivity index (χ1v) is 9.98. The monoisotopic (exact) mass is 396 g/mol. The van der Waals surface area contributed by atoms with Gasteiger partial charge in [-0.05, 0) is 37.2 Å². The molecule has 28 heavy (non-hydrogen) atoms. The average Bonchev–Trinajstić information content (AvgIpc) is 3.11. The molecule has 146 valence electrons. The standard InChI is InChI=1S/C21H24N4O2S/c1-4-15-9-5-6-10-16(15)22-19(26)13-24(2)14-20(27)25(3)21-23-17-11-7-8-12-18(17)28-21/h5-12H,4,13-14H2,1-3H3,(H,22,26). The zero-order valence-electron chi connectivity index (χ0n) is 16.3. The number of nitrogens with zero attached hydrogens (tertiary/aromatic N) is 3. The van der Waals surface area contributed by atoms with Gasteiger partial charge in [0.1, 0.15) is 0 Å². The number of fused-ring (bicyclic) bond motifs is 1. The maximum absolute atomic E-state index is 12.6. The molecule has 0 aliphatic heterocycles. The Hall–Kier alpha value is -2.77. The van der Waals surface area contributed by atoms with Crippen molar-refractivity contribution in [1.82, 2.24) is 9.88 Å². The van der Waals surface area contributed by atoms with Gasteiger partial charge in [0, 0.05) is 12.7 Å². The van der Waals surface area contributed by atoms with Crippen molar-refractivity contribution >= 4 is 44.2 Å². The Morgan fingerprint density at radius 3 is 2.50 bits per heavy atom. The molecule has 2 aromatic carbocycles. The van der Waals surface area contributed by atoms with Crippen LogP contribution < -0.4 is 10.2 Å². The molecule has 7 heteroatoms. The normalized spacial score (nSPS) is 11.0. The minimum atomic E-state index is -0.140. The summed E-state index contributed by atoms with van der Waals surface area (Å²) >= 11 is 1.48. The van der Waals surface area contributed by atoms with Gasteiger partial charge in [-0.25, -0.2) is 4.98 Å². The first kappa shape index (κ1) is 20.0. The quantitative estimate of drug-likeness (QED) is 0.665. The molecule has 0 radical (unpaired) electrons. The van der Waals surface area contributed by atoms with Gasteiger partial charge in [0.15, 0.2) is 5.13 Å². The Morgan fingerprint density at radius 2 is 1.75 bits per heavy atom. The van der Waals surface area contributed by atoms with E-state index in [1.165, 1.54) is 11.3 Å². The van der Waals surface area contributed by atoms with Crippen molar-refractivity contribution in [2.45, 2.75) is 13.3 Å². The lowest BCUT2D eigenvalue weighted by Gasteiger charge is -2.20. The molecular weight excluding hydrogens is 372 g/mol. The highest BCUT2D eigenvalue weighted by molar-refractivity contribution is 7.22. The number of likely N-dealkylation sites (N-methyl/N-ethyl adjacent to an activating group) is 2. The fraction of sp³-hybridized carbons (Fsp3) is 0.286. The molecule has 0 saturated heterocycles. The molecule has 3 rings (SSSR count). The molecule has 1 heterocycles. The zero-order valence-corrected chi connectivity index (χ0v) is 17.1. The van der Waals surface area contributed by atoms with Gasteiger partial charge in [-0.2, -0.15) is 0 Å². The summed E-state index contributed by atoms with van der Waals surface area (Å²) in [7, 11) is 3.47. The minimum Gasteiger partial charge on any atom is -0.325 e. The number of anilines is 2. The summed E-state index contributed by atoms with van der Waals surface area (Å²) in [6.07, 6.45) is 0.845. The molecule has 2 amide bonds. The molecule has 0 aliphatic rings. The molecule has 3 aromatic rings. The average molecular weight is 397 g/mol. The predicted octanol–water partition coefficient (Wildman–Crippen LogP) is 3.39. The number of amides is 2. The van der Waals surface area contributed by atoms with Crippen molar-refractivity contribution in [2.24, 2.45) is 0 Å². The van der Waals surface area contributed by atoms with Crippen LogP contribution in [-0.2, 0) is 16.0 Å². The lowest BCUT2D eigenvalue weighted by molar-refractivity contribution is -0.120. The van der Waals surface area contributed by atoms with Gasteiger partial charge in [0.25, 0.3) is 0 Å². The van der Waals surface area contributed by atoms with Crippen molar-refractivity contribution < 1.29 is 9.59 Å². The second-order valence-corrected chi connectivity index (χ2v) is 7.66. The number of hydrogen-bond acceptors (Lipinski definition) is 5.